The maximum absolute atomic E-state index is 3.84. The van der Waals surface area contributed by atoms with Crippen molar-refractivity contribution in [2.75, 3.05) is 25.6 Å². The summed E-state index contributed by atoms with van der Waals surface area (Å²) >= 11 is 0. The predicted molar refractivity (Wildman–Crippen MR) is 80.5 cm³/mol. The molecule has 94 valence electrons. The first-order chi connectivity index (χ1) is 8.12. The summed E-state index contributed by atoms with van der Waals surface area (Å²) in [5.74, 6) is 1.20. The molecule has 17 heavy (non-hydrogen) atoms. The van der Waals surface area contributed by atoms with Gasteiger partial charge in [-0.05, 0) is 36.5 Å². The Morgan fingerprint density at radius 3 is 2.65 bits per heavy atom. The van der Waals surface area contributed by atoms with Gasteiger partial charge in [0, 0.05) is 18.8 Å². The minimum absolute atomic E-state index is 0.639. The van der Waals surface area contributed by atoms with Crippen LogP contribution in [-0.4, -0.2) is 29.9 Å². The van der Waals surface area contributed by atoms with Crippen molar-refractivity contribution in [2.24, 2.45) is 0 Å². The lowest BCUT2D eigenvalue weighted by Gasteiger charge is -2.41. The zero-order valence-electron chi connectivity index (χ0n) is 11.0. The van der Waals surface area contributed by atoms with Gasteiger partial charge in [-0.1, -0.05) is 36.9 Å². The summed E-state index contributed by atoms with van der Waals surface area (Å²) in [6, 6.07) is 8.79. The van der Waals surface area contributed by atoms with Gasteiger partial charge in [-0.15, -0.1) is 0 Å². The molecule has 2 heteroatoms. The molecular formula is C15H23NS. The predicted octanol–water partition coefficient (Wildman–Crippen LogP) is 3.90. The molecule has 1 aromatic carbocycles. The van der Waals surface area contributed by atoms with Crippen molar-refractivity contribution in [3.63, 3.8) is 0 Å². The first kappa shape index (κ1) is 12.7. The number of benzene rings is 1. The van der Waals surface area contributed by atoms with Gasteiger partial charge in [0.2, 0.25) is 0 Å². The molecule has 1 aliphatic rings. The highest BCUT2D eigenvalue weighted by molar-refractivity contribution is 8.30. The van der Waals surface area contributed by atoms with Crippen LogP contribution in [0.4, 0.5) is 0 Å². The molecule has 0 spiro atoms. The molecule has 0 radical (unpaired) electrons. The van der Waals surface area contributed by atoms with Gasteiger partial charge in [0.05, 0.1) is 0 Å². The first-order valence-electron chi connectivity index (χ1n) is 6.29. The monoisotopic (exact) mass is 249 g/mol. The molecule has 0 bridgehead atoms. The number of hydrogen-bond donors (Lipinski definition) is 0. The standard InChI is InChI=1S/C15H23NS/c1-4-14-8-7-9-15(12-14)13-17(2,3)16-10-5-6-11-16/h4,7-9,12H,1,5-6,10-11,13H2,2-3H3. The normalized spacial score (nSPS) is 18.2. The van der Waals surface area contributed by atoms with Gasteiger partial charge in [0.15, 0.2) is 0 Å². The second-order valence-electron chi connectivity index (χ2n) is 5.21. The van der Waals surface area contributed by atoms with Gasteiger partial charge < -0.3 is 0 Å². The van der Waals surface area contributed by atoms with Gasteiger partial charge in [0.25, 0.3) is 0 Å². The van der Waals surface area contributed by atoms with Gasteiger partial charge >= 0.3 is 0 Å². The average Bonchev–Trinajstić information content (AvgIpc) is 2.83. The molecule has 0 saturated carbocycles. The molecule has 1 saturated heterocycles. The van der Waals surface area contributed by atoms with Crippen LogP contribution >= 0.6 is 10.2 Å². The summed E-state index contributed by atoms with van der Waals surface area (Å²) in [6.07, 6.45) is 9.58. The van der Waals surface area contributed by atoms with Gasteiger partial charge in [-0.25, -0.2) is 0 Å². The molecule has 0 aliphatic carbocycles. The highest BCUT2D eigenvalue weighted by Crippen LogP contribution is 2.49. The lowest BCUT2D eigenvalue weighted by molar-refractivity contribution is 0.570. The zero-order chi connectivity index (χ0) is 12.3. The number of hydrogen-bond acceptors (Lipinski definition) is 1. The molecule has 0 N–H and O–H groups in total. The second kappa shape index (κ2) is 5.28. The van der Waals surface area contributed by atoms with E-state index >= 15 is 0 Å². The van der Waals surface area contributed by atoms with Crippen molar-refractivity contribution < 1.29 is 0 Å². The van der Waals surface area contributed by atoms with Crippen molar-refractivity contribution in [1.82, 2.24) is 4.31 Å². The summed E-state index contributed by atoms with van der Waals surface area (Å²) in [4.78, 5) is 0. The van der Waals surface area contributed by atoms with Crippen molar-refractivity contribution in [2.45, 2.75) is 18.6 Å². The molecule has 0 amide bonds. The van der Waals surface area contributed by atoms with Crippen LogP contribution in [0.1, 0.15) is 24.0 Å². The Morgan fingerprint density at radius 2 is 2.00 bits per heavy atom. The van der Waals surface area contributed by atoms with Crippen molar-refractivity contribution in [3.05, 3.63) is 42.0 Å². The van der Waals surface area contributed by atoms with E-state index in [0.717, 1.165) is 0 Å². The minimum atomic E-state index is -0.639. The molecule has 1 aliphatic heterocycles. The molecule has 0 aromatic heterocycles. The van der Waals surface area contributed by atoms with E-state index in [1.165, 1.54) is 42.8 Å². The lowest BCUT2D eigenvalue weighted by atomic mass is 10.1. The minimum Gasteiger partial charge on any atom is -0.268 e. The Kier molecular flexibility index (Phi) is 3.95. The molecule has 0 atom stereocenters. The smallest absolute Gasteiger partial charge is 0.0139 e. The molecule has 1 fully saturated rings. The fraction of sp³-hybridized carbons (Fsp3) is 0.467. The Bertz CT molecular complexity index is 392. The van der Waals surface area contributed by atoms with Crippen molar-refractivity contribution in [1.29, 1.82) is 0 Å². The van der Waals surface area contributed by atoms with E-state index in [4.69, 9.17) is 0 Å². The lowest BCUT2D eigenvalue weighted by Crippen LogP contribution is -2.24. The van der Waals surface area contributed by atoms with Crippen LogP contribution in [-0.2, 0) is 5.75 Å². The first-order valence-corrected chi connectivity index (χ1v) is 8.87. The summed E-state index contributed by atoms with van der Waals surface area (Å²) < 4.78 is 2.70. The van der Waals surface area contributed by atoms with Crippen LogP contribution in [0.15, 0.2) is 30.8 Å². The second-order valence-corrected chi connectivity index (χ2v) is 8.97. The van der Waals surface area contributed by atoms with E-state index in [0.29, 0.717) is 0 Å². The van der Waals surface area contributed by atoms with E-state index in [-0.39, 0.29) is 0 Å². The van der Waals surface area contributed by atoms with E-state index in [1.54, 1.807) is 0 Å². The quantitative estimate of drug-likeness (QED) is 0.782. The number of nitrogens with zero attached hydrogens (tertiary/aromatic N) is 1. The van der Waals surface area contributed by atoms with Crippen molar-refractivity contribution in [3.8, 4) is 0 Å². The Labute approximate surface area is 107 Å². The largest absolute Gasteiger partial charge is 0.268 e. The Hall–Kier alpha value is -0.730. The van der Waals surface area contributed by atoms with Crippen LogP contribution < -0.4 is 0 Å². The zero-order valence-corrected chi connectivity index (χ0v) is 11.8. The SMILES string of the molecule is C=Cc1cccc(CS(C)(C)N2CCCC2)c1. The summed E-state index contributed by atoms with van der Waals surface area (Å²) in [5.41, 5.74) is 2.69. The van der Waals surface area contributed by atoms with E-state index in [1.807, 2.05) is 6.08 Å². The van der Waals surface area contributed by atoms with Crippen LogP contribution in [0.2, 0.25) is 0 Å². The molecule has 1 aromatic rings. The van der Waals surface area contributed by atoms with E-state index < -0.39 is 10.2 Å². The topological polar surface area (TPSA) is 3.24 Å². The fourth-order valence-electron chi connectivity index (χ4n) is 2.49. The highest BCUT2D eigenvalue weighted by Gasteiger charge is 2.24. The third-order valence-corrected chi connectivity index (χ3v) is 6.27. The number of rotatable bonds is 4. The van der Waals surface area contributed by atoms with E-state index in [9.17, 15) is 0 Å². The van der Waals surface area contributed by atoms with Crippen LogP contribution in [0, 0.1) is 0 Å². The fourth-order valence-corrected chi connectivity index (χ4v) is 4.92. The third-order valence-electron chi connectivity index (χ3n) is 3.47. The molecule has 2 rings (SSSR count). The summed E-state index contributed by atoms with van der Waals surface area (Å²) in [7, 11) is -0.639. The van der Waals surface area contributed by atoms with Crippen LogP contribution in [0.25, 0.3) is 6.08 Å². The van der Waals surface area contributed by atoms with Gasteiger partial charge in [0.1, 0.15) is 0 Å². The summed E-state index contributed by atoms with van der Waals surface area (Å²) in [6.45, 7) is 6.43. The van der Waals surface area contributed by atoms with Crippen LogP contribution in [0.5, 0.6) is 0 Å². The molecular weight excluding hydrogens is 226 g/mol. The van der Waals surface area contributed by atoms with Gasteiger partial charge in [-0.3, -0.25) is 4.31 Å². The maximum atomic E-state index is 3.84. The van der Waals surface area contributed by atoms with E-state index in [2.05, 4.69) is 47.7 Å². The molecule has 1 heterocycles. The maximum Gasteiger partial charge on any atom is 0.0139 e. The Morgan fingerprint density at radius 1 is 1.29 bits per heavy atom. The molecule has 0 unspecified atom stereocenters. The van der Waals surface area contributed by atoms with Gasteiger partial charge in [-0.2, -0.15) is 10.2 Å². The molecule has 1 nitrogen and oxygen atoms in total. The van der Waals surface area contributed by atoms with Crippen LogP contribution in [0.3, 0.4) is 0 Å². The average molecular weight is 249 g/mol. The Balaban J connectivity index is 2.10. The highest BCUT2D eigenvalue weighted by atomic mass is 32.3. The van der Waals surface area contributed by atoms with Crippen molar-refractivity contribution >= 4 is 16.3 Å². The third kappa shape index (κ3) is 3.14. The summed E-state index contributed by atoms with van der Waals surface area (Å²) in [5, 5.41) is 0.